The highest BCUT2D eigenvalue weighted by molar-refractivity contribution is 5.53. The number of hydrogen-bond acceptors (Lipinski definition) is 3. The minimum Gasteiger partial charge on any atom is -0.385 e. The molecule has 0 aromatic heterocycles. The number of aldehydes is 1. The molecule has 1 unspecified atom stereocenters. The molecule has 0 amide bonds. The largest absolute Gasteiger partial charge is 0.385 e. The van der Waals surface area contributed by atoms with Gasteiger partial charge in [-0.2, -0.15) is 0 Å². The fraction of sp³-hybridized carbons (Fsp3) is 0.533. The van der Waals surface area contributed by atoms with Gasteiger partial charge in [0.1, 0.15) is 6.29 Å². The van der Waals surface area contributed by atoms with Gasteiger partial charge in [-0.25, -0.2) is 0 Å². The van der Waals surface area contributed by atoms with E-state index in [1.165, 1.54) is 5.56 Å². The van der Waals surface area contributed by atoms with Crippen LogP contribution in [0.15, 0.2) is 30.3 Å². The Hall–Kier alpha value is -1.19. The lowest BCUT2D eigenvalue weighted by molar-refractivity contribution is -0.111. The van der Waals surface area contributed by atoms with E-state index in [1.807, 2.05) is 30.3 Å². The SMILES string of the molecule is COCCC(C=O)CCCOCc1ccccc1. The topological polar surface area (TPSA) is 35.5 Å². The first kappa shape index (κ1) is 14.9. The minimum absolute atomic E-state index is 0.102. The van der Waals surface area contributed by atoms with Crippen LogP contribution in [0.2, 0.25) is 0 Å². The Morgan fingerprint density at radius 1 is 1.17 bits per heavy atom. The van der Waals surface area contributed by atoms with Gasteiger partial charge >= 0.3 is 0 Å². The molecular formula is C15H22O3. The molecule has 0 aliphatic carbocycles. The van der Waals surface area contributed by atoms with E-state index in [2.05, 4.69) is 0 Å². The van der Waals surface area contributed by atoms with Crippen LogP contribution < -0.4 is 0 Å². The van der Waals surface area contributed by atoms with Crippen LogP contribution in [0, 0.1) is 5.92 Å². The molecule has 0 aliphatic rings. The molecule has 1 aromatic carbocycles. The minimum atomic E-state index is 0.102. The Kier molecular flexibility index (Phi) is 8.10. The maximum Gasteiger partial charge on any atom is 0.123 e. The summed E-state index contributed by atoms with van der Waals surface area (Å²) in [6, 6.07) is 10.1. The Morgan fingerprint density at radius 2 is 1.94 bits per heavy atom. The predicted molar refractivity (Wildman–Crippen MR) is 71.4 cm³/mol. The van der Waals surface area contributed by atoms with Gasteiger partial charge in [0.05, 0.1) is 6.61 Å². The molecule has 0 N–H and O–H groups in total. The average Bonchev–Trinajstić information content (AvgIpc) is 2.43. The average molecular weight is 250 g/mol. The molecule has 3 nitrogen and oxygen atoms in total. The number of ether oxygens (including phenoxy) is 2. The molecule has 18 heavy (non-hydrogen) atoms. The van der Waals surface area contributed by atoms with Crippen molar-refractivity contribution in [2.75, 3.05) is 20.3 Å². The van der Waals surface area contributed by atoms with Crippen molar-refractivity contribution in [2.45, 2.75) is 25.9 Å². The summed E-state index contributed by atoms with van der Waals surface area (Å²) in [7, 11) is 1.66. The molecule has 1 rings (SSSR count). The highest BCUT2D eigenvalue weighted by atomic mass is 16.5. The van der Waals surface area contributed by atoms with Gasteiger partial charge in [-0.05, 0) is 24.8 Å². The van der Waals surface area contributed by atoms with Crippen molar-refractivity contribution in [3.05, 3.63) is 35.9 Å². The van der Waals surface area contributed by atoms with E-state index in [9.17, 15) is 4.79 Å². The predicted octanol–water partition coefficient (Wildman–Crippen LogP) is 2.84. The molecule has 1 atom stereocenters. The summed E-state index contributed by atoms with van der Waals surface area (Å²) < 4.78 is 10.5. The lowest BCUT2D eigenvalue weighted by Crippen LogP contribution is -2.07. The van der Waals surface area contributed by atoms with Crippen LogP contribution in [0.3, 0.4) is 0 Å². The Balaban J connectivity index is 2.05. The van der Waals surface area contributed by atoms with Gasteiger partial charge in [0.25, 0.3) is 0 Å². The van der Waals surface area contributed by atoms with Crippen molar-refractivity contribution in [1.29, 1.82) is 0 Å². The monoisotopic (exact) mass is 250 g/mol. The lowest BCUT2D eigenvalue weighted by Gasteiger charge is -2.09. The zero-order valence-electron chi connectivity index (χ0n) is 11.0. The van der Waals surface area contributed by atoms with E-state index in [-0.39, 0.29) is 5.92 Å². The Morgan fingerprint density at radius 3 is 2.61 bits per heavy atom. The summed E-state index contributed by atoms with van der Waals surface area (Å²) in [6.45, 7) is 1.99. The number of methoxy groups -OCH3 is 1. The summed E-state index contributed by atoms with van der Waals surface area (Å²) in [5.74, 6) is 0.102. The van der Waals surface area contributed by atoms with Crippen LogP contribution >= 0.6 is 0 Å². The first-order chi connectivity index (χ1) is 8.86. The number of carbonyl (C=O) groups excluding carboxylic acids is 1. The third-order valence-electron chi connectivity index (χ3n) is 2.86. The Labute approximate surface area is 109 Å². The molecule has 0 fully saturated rings. The van der Waals surface area contributed by atoms with Gasteiger partial charge in [-0.1, -0.05) is 30.3 Å². The first-order valence-electron chi connectivity index (χ1n) is 6.42. The smallest absolute Gasteiger partial charge is 0.123 e. The highest BCUT2D eigenvalue weighted by Crippen LogP contribution is 2.09. The second-order valence-electron chi connectivity index (χ2n) is 4.36. The summed E-state index contributed by atoms with van der Waals surface area (Å²) in [4.78, 5) is 10.8. The van der Waals surface area contributed by atoms with Gasteiger partial charge < -0.3 is 14.3 Å². The Bertz CT molecular complexity index is 311. The fourth-order valence-corrected chi connectivity index (χ4v) is 1.76. The summed E-state index contributed by atoms with van der Waals surface area (Å²) in [6.07, 6.45) is 3.62. The zero-order chi connectivity index (χ0) is 13.1. The maximum atomic E-state index is 10.8. The van der Waals surface area contributed by atoms with Crippen LogP contribution in [-0.4, -0.2) is 26.6 Å². The first-order valence-corrected chi connectivity index (χ1v) is 6.42. The maximum absolute atomic E-state index is 10.8. The van der Waals surface area contributed by atoms with Crippen LogP contribution in [0.25, 0.3) is 0 Å². The molecular weight excluding hydrogens is 228 g/mol. The summed E-state index contributed by atoms with van der Waals surface area (Å²) in [5, 5.41) is 0. The number of hydrogen-bond donors (Lipinski definition) is 0. The summed E-state index contributed by atoms with van der Waals surface area (Å²) >= 11 is 0. The number of carbonyl (C=O) groups is 1. The second kappa shape index (κ2) is 9.80. The summed E-state index contributed by atoms with van der Waals surface area (Å²) in [5.41, 5.74) is 1.18. The molecule has 0 saturated heterocycles. The van der Waals surface area contributed by atoms with E-state index >= 15 is 0 Å². The highest BCUT2D eigenvalue weighted by Gasteiger charge is 2.06. The van der Waals surface area contributed by atoms with Crippen LogP contribution in [0.1, 0.15) is 24.8 Å². The van der Waals surface area contributed by atoms with Gasteiger partial charge in [-0.15, -0.1) is 0 Å². The van der Waals surface area contributed by atoms with E-state index in [4.69, 9.17) is 9.47 Å². The van der Waals surface area contributed by atoms with E-state index in [1.54, 1.807) is 7.11 Å². The molecule has 0 spiro atoms. The molecule has 0 radical (unpaired) electrons. The van der Waals surface area contributed by atoms with Gasteiger partial charge in [0, 0.05) is 26.2 Å². The van der Waals surface area contributed by atoms with Gasteiger partial charge in [0.15, 0.2) is 0 Å². The van der Waals surface area contributed by atoms with E-state index in [0.29, 0.717) is 19.8 Å². The zero-order valence-corrected chi connectivity index (χ0v) is 11.0. The molecule has 0 aliphatic heterocycles. The third-order valence-corrected chi connectivity index (χ3v) is 2.86. The fourth-order valence-electron chi connectivity index (χ4n) is 1.76. The van der Waals surface area contributed by atoms with Gasteiger partial charge in [0.2, 0.25) is 0 Å². The van der Waals surface area contributed by atoms with Crippen LogP contribution in [0.4, 0.5) is 0 Å². The molecule has 1 aromatic rings. The molecule has 3 heteroatoms. The van der Waals surface area contributed by atoms with Crippen molar-refractivity contribution >= 4 is 6.29 Å². The quantitative estimate of drug-likeness (QED) is 0.473. The van der Waals surface area contributed by atoms with Crippen molar-refractivity contribution in [3.63, 3.8) is 0 Å². The van der Waals surface area contributed by atoms with Crippen molar-refractivity contribution in [1.82, 2.24) is 0 Å². The third kappa shape index (κ3) is 6.52. The van der Waals surface area contributed by atoms with Crippen molar-refractivity contribution in [3.8, 4) is 0 Å². The van der Waals surface area contributed by atoms with Crippen LogP contribution in [0.5, 0.6) is 0 Å². The second-order valence-corrected chi connectivity index (χ2v) is 4.36. The van der Waals surface area contributed by atoms with Crippen molar-refractivity contribution < 1.29 is 14.3 Å². The normalized spacial score (nSPS) is 12.3. The van der Waals surface area contributed by atoms with Crippen LogP contribution in [-0.2, 0) is 20.9 Å². The standard InChI is InChI=1S/C15H22O3/c1-17-11-9-14(12-16)8-5-10-18-13-15-6-3-2-4-7-15/h2-4,6-7,12,14H,5,8-11,13H2,1H3. The molecule has 0 saturated carbocycles. The van der Waals surface area contributed by atoms with Crippen molar-refractivity contribution in [2.24, 2.45) is 5.92 Å². The lowest BCUT2D eigenvalue weighted by atomic mass is 10.0. The van der Waals surface area contributed by atoms with E-state index in [0.717, 1.165) is 25.5 Å². The number of rotatable bonds is 10. The van der Waals surface area contributed by atoms with E-state index < -0.39 is 0 Å². The molecule has 100 valence electrons. The molecule has 0 bridgehead atoms. The molecule has 0 heterocycles. The number of benzene rings is 1. The van der Waals surface area contributed by atoms with Gasteiger partial charge in [-0.3, -0.25) is 0 Å².